The van der Waals surface area contributed by atoms with Crippen molar-refractivity contribution in [1.29, 1.82) is 0 Å². The Morgan fingerprint density at radius 2 is 1.25 bits per heavy atom. The van der Waals surface area contributed by atoms with Crippen molar-refractivity contribution in [2.75, 3.05) is 0 Å². The fraction of sp³-hybridized carbons (Fsp3) is 0.800. The molecule has 0 bridgehead atoms. The Morgan fingerprint density at radius 1 is 0.750 bits per heavy atom. The summed E-state index contributed by atoms with van der Waals surface area (Å²) in [6.07, 6.45) is 19.4. The predicted molar refractivity (Wildman–Crippen MR) is 78.1 cm³/mol. The zero-order chi connectivity index (χ0) is 11.2. The molecule has 0 fully saturated rings. The van der Waals surface area contributed by atoms with E-state index in [9.17, 15) is 0 Å². The molecule has 0 aromatic carbocycles. The Morgan fingerprint density at radius 3 is 1.75 bits per heavy atom. The van der Waals surface area contributed by atoms with Gasteiger partial charge in [-0.3, -0.25) is 0 Å². The minimum atomic E-state index is 0. The fourth-order valence-corrected chi connectivity index (χ4v) is 1.72. The molecule has 0 rings (SSSR count). The zero-order valence-corrected chi connectivity index (χ0v) is 10.6. The summed E-state index contributed by atoms with van der Waals surface area (Å²) < 4.78 is 0. The molecule has 0 aliphatic rings. The van der Waals surface area contributed by atoms with E-state index in [0.29, 0.717) is 0 Å². The molecule has 0 spiro atoms. The van der Waals surface area contributed by atoms with Gasteiger partial charge in [0.05, 0.1) is 0 Å². The van der Waals surface area contributed by atoms with Gasteiger partial charge in [0.1, 0.15) is 0 Å². The maximum atomic E-state index is 3.85. The van der Waals surface area contributed by atoms with Crippen LogP contribution in [0.2, 0.25) is 0 Å². The van der Waals surface area contributed by atoms with Crippen LogP contribution in [-0.4, -0.2) is 18.9 Å². The quantitative estimate of drug-likeness (QED) is 0.258. The topological polar surface area (TPSA) is 0 Å². The molecule has 16 heavy (non-hydrogen) atoms. The van der Waals surface area contributed by atoms with Crippen molar-refractivity contribution in [3.8, 4) is 0 Å². The fourth-order valence-electron chi connectivity index (χ4n) is 1.72. The Hall–Kier alpha value is 0.337. The number of rotatable bonds is 11. The summed E-state index contributed by atoms with van der Waals surface area (Å²) in [6.45, 7) is 6.12. The van der Waals surface area contributed by atoms with Crippen LogP contribution in [0.4, 0.5) is 0 Å². The Kier molecular flexibility index (Phi) is 20.7. The van der Waals surface area contributed by atoms with Gasteiger partial charge >= 0.3 is 18.9 Å². The number of allylic oxidation sites excluding steroid dienone is 2. The van der Waals surface area contributed by atoms with Gasteiger partial charge in [0.2, 0.25) is 0 Å². The Bertz CT molecular complexity index is 129. The van der Waals surface area contributed by atoms with Crippen molar-refractivity contribution in [1.82, 2.24) is 0 Å². The SMILES string of the molecule is [CH2]CCCCCC/C=C\CCCCCC.[LiH]. The van der Waals surface area contributed by atoms with E-state index in [0.717, 1.165) is 6.42 Å². The Labute approximate surface area is 115 Å². The van der Waals surface area contributed by atoms with Crippen molar-refractivity contribution in [2.24, 2.45) is 0 Å². The van der Waals surface area contributed by atoms with Gasteiger partial charge in [-0.25, -0.2) is 0 Å². The van der Waals surface area contributed by atoms with E-state index < -0.39 is 0 Å². The van der Waals surface area contributed by atoms with E-state index in [-0.39, 0.29) is 18.9 Å². The molecule has 0 aromatic rings. The molecule has 91 valence electrons. The van der Waals surface area contributed by atoms with E-state index in [2.05, 4.69) is 26.0 Å². The average Bonchev–Trinajstić information content (AvgIpc) is 2.26. The second-order valence-corrected chi connectivity index (χ2v) is 4.38. The van der Waals surface area contributed by atoms with Gasteiger partial charge in [0.15, 0.2) is 0 Å². The molecule has 0 aliphatic heterocycles. The van der Waals surface area contributed by atoms with Crippen LogP contribution in [0.25, 0.3) is 0 Å². The molecular formula is C15H30Li. The molecule has 0 amide bonds. The molecule has 0 saturated heterocycles. The van der Waals surface area contributed by atoms with Crippen LogP contribution in [0, 0.1) is 6.92 Å². The second kappa shape index (κ2) is 17.7. The maximum absolute atomic E-state index is 3.85. The summed E-state index contributed by atoms with van der Waals surface area (Å²) in [5.41, 5.74) is 0. The summed E-state index contributed by atoms with van der Waals surface area (Å²) in [6, 6.07) is 0. The third-order valence-corrected chi connectivity index (χ3v) is 2.76. The summed E-state index contributed by atoms with van der Waals surface area (Å²) >= 11 is 0. The van der Waals surface area contributed by atoms with E-state index in [1.54, 1.807) is 0 Å². The summed E-state index contributed by atoms with van der Waals surface area (Å²) in [7, 11) is 0. The molecule has 0 nitrogen and oxygen atoms in total. The molecule has 1 heteroatoms. The molecule has 0 heterocycles. The summed E-state index contributed by atoms with van der Waals surface area (Å²) in [5.74, 6) is 0. The molecule has 0 saturated carbocycles. The predicted octanol–water partition coefficient (Wildman–Crippen LogP) is 5.04. The van der Waals surface area contributed by atoms with Crippen molar-refractivity contribution in [3.63, 3.8) is 0 Å². The van der Waals surface area contributed by atoms with Gasteiger partial charge in [-0.05, 0) is 25.7 Å². The third kappa shape index (κ3) is 16.8. The van der Waals surface area contributed by atoms with Gasteiger partial charge in [-0.2, -0.15) is 0 Å². The van der Waals surface area contributed by atoms with E-state index in [4.69, 9.17) is 0 Å². The molecule has 0 N–H and O–H groups in total. The van der Waals surface area contributed by atoms with Crippen LogP contribution in [0.5, 0.6) is 0 Å². The van der Waals surface area contributed by atoms with Gasteiger partial charge in [0.25, 0.3) is 0 Å². The van der Waals surface area contributed by atoms with Crippen LogP contribution < -0.4 is 0 Å². The standard InChI is InChI=1S/C15H29.Li.H/c1-3-5-7-9-11-13-15-14-12-10-8-6-4-2;;/h14-15H,1,3-13H2,2H3;;/b15-14-;;. The summed E-state index contributed by atoms with van der Waals surface area (Å²) in [5, 5.41) is 0. The first-order valence-electron chi connectivity index (χ1n) is 6.86. The normalized spacial score (nSPS) is 10.6. The molecular weight excluding hydrogens is 187 g/mol. The van der Waals surface area contributed by atoms with Crippen LogP contribution in [0.15, 0.2) is 12.2 Å². The number of hydrogen-bond acceptors (Lipinski definition) is 0. The molecule has 0 atom stereocenters. The van der Waals surface area contributed by atoms with Gasteiger partial charge in [-0.1, -0.05) is 70.9 Å². The number of hydrogen-bond donors (Lipinski definition) is 0. The van der Waals surface area contributed by atoms with Crippen LogP contribution >= 0.6 is 0 Å². The average molecular weight is 217 g/mol. The first-order chi connectivity index (χ1) is 7.41. The first kappa shape index (κ1) is 18.7. The molecule has 1 radical (unpaired) electrons. The molecule has 0 unspecified atom stereocenters. The Balaban J connectivity index is 0. The van der Waals surface area contributed by atoms with Gasteiger partial charge in [-0.15, -0.1) is 0 Å². The van der Waals surface area contributed by atoms with Crippen LogP contribution in [-0.2, 0) is 0 Å². The first-order valence-corrected chi connectivity index (χ1v) is 6.86. The van der Waals surface area contributed by atoms with Crippen molar-refractivity contribution in [3.05, 3.63) is 19.1 Å². The van der Waals surface area contributed by atoms with Crippen molar-refractivity contribution in [2.45, 2.75) is 77.6 Å². The van der Waals surface area contributed by atoms with Gasteiger partial charge < -0.3 is 0 Å². The zero-order valence-electron chi connectivity index (χ0n) is 10.6. The monoisotopic (exact) mass is 217 g/mol. The van der Waals surface area contributed by atoms with Gasteiger partial charge in [0, 0.05) is 0 Å². The summed E-state index contributed by atoms with van der Waals surface area (Å²) in [4.78, 5) is 0. The molecule has 0 aromatic heterocycles. The molecule has 0 aliphatic carbocycles. The van der Waals surface area contributed by atoms with Crippen LogP contribution in [0.3, 0.4) is 0 Å². The number of unbranched alkanes of at least 4 members (excludes halogenated alkanes) is 9. The van der Waals surface area contributed by atoms with E-state index >= 15 is 0 Å². The van der Waals surface area contributed by atoms with Crippen LogP contribution in [0.1, 0.15) is 77.6 Å². The van der Waals surface area contributed by atoms with Crippen molar-refractivity contribution < 1.29 is 0 Å². The minimum absolute atomic E-state index is 0. The van der Waals surface area contributed by atoms with E-state index in [1.165, 1.54) is 64.2 Å². The second-order valence-electron chi connectivity index (χ2n) is 4.38. The third-order valence-electron chi connectivity index (χ3n) is 2.76. The van der Waals surface area contributed by atoms with Crippen molar-refractivity contribution >= 4 is 18.9 Å². The van der Waals surface area contributed by atoms with E-state index in [1.807, 2.05) is 0 Å².